The van der Waals surface area contributed by atoms with Crippen LogP contribution in [0.3, 0.4) is 0 Å². The number of hydrogen-bond donors (Lipinski definition) is 0. The van der Waals surface area contributed by atoms with E-state index >= 15 is 0 Å². The monoisotopic (exact) mass is 762 g/mol. The Balaban J connectivity index is 0.0000000926. The molecule has 8 aromatic carbocycles. The molecule has 8 aromatic rings. The lowest BCUT2D eigenvalue weighted by atomic mass is 9.87. The SMILES string of the molecule is C1=CC2=Cc3ccc4c(c3C2C=C1)Cc1ccccc1-4.c1ccc2c(c1)Cc1cc3c(cc1-2)-c1ccccc1C3.c1ccc2c(c1)Cc1cc3c(cc1-2)Cc1ccccc1-3. The molecule has 0 nitrogen and oxygen atoms in total. The lowest BCUT2D eigenvalue weighted by molar-refractivity contribution is 1.02. The molecule has 0 aliphatic heterocycles. The Kier molecular flexibility index (Phi) is 7.49. The molecule has 7 aliphatic carbocycles. The zero-order chi connectivity index (χ0) is 39.3. The lowest BCUT2D eigenvalue weighted by Crippen LogP contribution is -2.00. The van der Waals surface area contributed by atoms with Gasteiger partial charge in [-0.15, -0.1) is 0 Å². The highest BCUT2D eigenvalue weighted by Gasteiger charge is 2.31. The highest BCUT2D eigenvalue weighted by Crippen LogP contribution is 2.49. The second-order valence-corrected chi connectivity index (χ2v) is 17.5. The molecule has 60 heavy (non-hydrogen) atoms. The standard InChI is InChI=1S/3C20H14/c1-3-7-16-14(6-1)12-19-18(16)10-9-15-11-13-5-2-4-8-17(13)20(15)19;1-3-7-17-13(5-1)9-15-11-20-16(12-19(15)17)10-14-6-2-4-8-18(14)20;1-3-7-17-13(5-1)9-15-11-16-10-14-6-2-4-8-18(14)20(16)12-19(15)17/h1-11,17H,12H2;2*1-8,11-12H,9-10H2. The molecule has 282 valence electrons. The average Bonchev–Trinajstić information content (AvgIpc) is 4.15. The quantitative estimate of drug-likeness (QED) is 0.144. The molecule has 0 bridgehead atoms. The third kappa shape index (κ3) is 5.23. The molecular formula is C60H42. The van der Waals surface area contributed by atoms with E-state index in [1.165, 1.54) is 122 Å². The molecule has 0 saturated carbocycles. The van der Waals surface area contributed by atoms with E-state index in [0.29, 0.717) is 5.92 Å². The summed E-state index contributed by atoms with van der Waals surface area (Å²) in [5.74, 6) is 0.472. The van der Waals surface area contributed by atoms with Gasteiger partial charge in [0, 0.05) is 5.92 Å². The molecule has 15 rings (SSSR count). The second-order valence-electron chi connectivity index (χ2n) is 17.5. The van der Waals surface area contributed by atoms with Crippen molar-refractivity contribution >= 4 is 6.08 Å². The van der Waals surface area contributed by atoms with Gasteiger partial charge in [0.25, 0.3) is 0 Å². The predicted molar refractivity (Wildman–Crippen MR) is 250 cm³/mol. The van der Waals surface area contributed by atoms with E-state index in [1.807, 2.05) is 0 Å². The van der Waals surface area contributed by atoms with E-state index in [9.17, 15) is 0 Å². The fourth-order valence-corrected chi connectivity index (χ4v) is 11.4. The van der Waals surface area contributed by atoms with Gasteiger partial charge in [-0.1, -0.05) is 170 Å². The maximum absolute atomic E-state index is 2.44. The van der Waals surface area contributed by atoms with Crippen LogP contribution in [0.15, 0.2) is 188 Å². The van der Waals surface area contributed by atoms with Crippen LogP contribution < -0.4 is 0 Å². The van der Waals surface area contributed by atoms with Gasteiger partial charge in [-0.3, -0.25) is 0 Å². The maximum atomic E-state index is 2.44. The van der Waals surface area contributed by atoms with Gasteiger partial charge in [0.15, 0.2) is 0 Å². The molecule has 1 unspecified atom stereocenters. The molecule has 0 aromatic heterocycles. The van der Waals surface area contributed by atoms with E-state index in [1.54, 1.807) is 5.56 Å². The van der Waals surface area contributed by atoms with Gasteiger partial charge in [0.2, 0.25) is 0 Å². The Morgan fingerprint density at radius 1 is 0.317 bits per heavy atom. The summed E-state index contributed by atoms with van der Waals surface area (Å²) in [4.78, 5) is 0. The number of fused-ring (bicyclic) bond motifs is 19. The molecule has 7 aliphatic rings. The molecule has 0 amide bonds. The fourth-order valence-electron chi connectivity index (χ4n) is 11.4. The first kappa shape index (κ1) is 33.9. The van der Waals surface area contributed by atoms with Crippen LogP contribution in [0.1, 0.15) is 72.7 Å². The minimum atomic E-state index is 0.472. The lowest BCUT2D eigenvalue weighted by Gasteiger charge is -2.16. The van der Waals surface area contributed by atoms with Crippen LogP contribution >= 0.6 is 0 Å². The van der Waals surface area contributed by atoms with Crippen molar-refractivity contribution in [3.05, 3.63) is 254 Å². The molecule has 0 spiro atoms. The van der Waals surface area contributed by atoms with Gasteiger partial charge in [-0.25, -0.2) is 0 Å². The molecule has 0 radical (unpaired) electrons. The molecule has 0 N–H and O–H groups in total. The van der Waals surface area contributed by atoms with E-state index in [-0.39, 0.29) is 0 Å². The summed E-state index contributed by atoms with van der Waals surface area (Å²) in [5.41, 5.74) is 33.6. The van der Waals surface area contributed by atoms with Crippen molar-refractivity contribution in [1.82, 2.24) is 0 Å². The summed E-state index contributed by atoms with van der Waals surface area (Å²) in [6.07, 6.45) is 16.7. The normalized spacial score (nSPS) is 15.8. The van der Waals surface area contributed by atoms with Crippen LogP contribution in [-0.2, 0) is 32.1 Å². The summed E-state index contributed by atoms with van der Waals surface area (Å²) in [5, 5.41) is 0. The Bertz CT molecular complexity index is 3090. The molecule has 0 fully saturated rings. The Labute approximate surface area is 352 Å². The molecule has 1 atom stereocenters. The molecule has 0 saturated heterocycles. The zero-order valence-electron chi connectivity index (χ0n) is 33.5. The molecular weight excluding hydrogens is 721 g/mol. The van der Waals surface area contributed by atoms with Crippen molar-refractivity contribution < 1.29 is 0 Å². The summed E-state index contributed by atoms with van der Waals surface area (Å²) < 4.78 is 0. The number of benzene rings is 8. The second kappa shape index (κ2) is 13.2. The summed E-state index contributed by atoms with van der Waals surface area (Å²) in [6, 6.07) is 58.4. The minimum absolute atomic E-state index is 0.472. The minimum Gasteiger partial charge on any atom is -0.0726 e. The average molecular weight is 763 g/mol. The summed E-state index contributed by atoms with van der Waals surface area (Å²) >= 11 is 0. The smallest absolute Gasteiger partial charge is 0.0281 e. The van der Waals surface area contributed by atoms with Crippen molar-refractivity contribution in [3.8, 4) is 55.6 Å². The maximum Gasteiger partial charge on any atom is 0.0281 e. The van der Waals surface area contributed by atoms with Crippen LogP contribution in [0.25, 0.3) is 61.7 Å². The van der Waals surface area contributed by atoms with Crippen LogP contribution in [0.2, 0.25) is 0 Å². The summed E-state index contributed by atoms with van der Waals surface area (Å²) in [7, 11) is 0. The largest absolute Gasteiger partial charge is 0.0726 e. The fraction of sp³-hybridized carbons (Fsp3) is 0.100. The van der Waals surface area contributed by atoms with Gasteiger partial charge in [-0.05, 0) is 178 Å². The Hall–Kier alpha value is -7.02. The number of rotatable bonds is 0. The predicted octanol–water partition coefficient (Wildman–Crippen LogP) is 14.5. The first-order valence-corrected chi connectivity index (χ1v) is 21.7. The highest BCUT2D eigenvalue weighted by atomic mass is 14.3. The zero-order valence-corrected chi connectivity index (χ0v) is 33.5. The van der Waals surface area contributed by atoms with Crippen molar-refractivity contribution in [2.75, 3.05) is 0 Å². The van der Waals surface area contributed by atoms with Gasteiger partial charge in [-0.2, -0.15) is 0 Å². The van der Waals surface area contributed by atoms with Crippen LogP contribution in [0, 0.1) is 0 Å². The van der Waals surface area contributed by atoms with Crippen molar-refractivity contribution in [2.45, 2.75) is 38.0 Å². The molecule has 0 heterocycles. The van der Waals surface area contributed by atoms with Crippen LogP contribution in [-0.4, -0.2) is 0 Å². The van der Waals surface area contributed by atoms with Gasteiger partial charge >= 0.3 is 0 Å². The third-order valence-corrected chi connectivity index (χ3v) is 14.2. The van der Waals surface area contributed by atoms with Crippen molar-refractivity contribution in [2.24, 2.45) is 0 Å². The van der Waals surface area contributed by atoms with E-state index < -0.39 is 0 Å². The van der Waals surface area contributed by atoms with E-state index in [0.717, 1.165) is 32.1 Å². The first-order chi connectivity index (χ1) is 29.7. The number of allylic oxidation sites excluding steroid dienone is 5. The van der Waals surface area contributed by atoms with Crippen LogP contribution in [0.4, 0.5) is 0 Å². The van der Waals surface area contributed by atoms with Gasteiger partial charge in [0.1, 0.15) is 0 Å². The highest BCUT2D eigenvalue weighted by molar-refractivity contribution is 5.88. The Morgan fingerprint density at radius 2 is 0.733 bits per heavy atom. The van der Waals surface area contributed by atoms with Crippen LogP contribution in [0.5, 0.6) is 0 Å². The van der Waals surface area contributed by atoms with Gasteiger partial charge < -0.3 is 0 Å². The summed E-state index contributed by atoms with van der Waals surface area (Å²) in [6.45, 7) is 0. The Morgan fingerprint density at radius 3 is 1.23 bits per heavy atom. The van der Waals surface area contributed by atoms with E-state index in [4.69, 9.17) is 0 Å². The first-order valence-electron chi connectivity index (χ1n) is 21.7. The van der Waals surface area contributed by atoms with Crippen molar-refractivity contribution in [1.29, 1.82) is 0 Å². The van der Waals surface area contributed by atoms with E-state index in [2.05, 4.69) is 188 Å². The number of hydrogen-bond acceptors (Lipinski definition) is 0. The third-order valence-electron chi connectivity index (χ3n) is 14.2. The topological polar surface area (TPSA) is 0 Å². The van der Waals surface area contributed by atoms with Gasteiger partial charge in [0.05, 0.1) is 0 Å². The molecule has 0 heteroatoms. The van der Waals surface area contributed by atoms with Crippen molar-refractivity contribution in [3.63, 3.8) is 0 Å².